The van der Waals surface area contributed by atoms with Crippen molar-refractivity contribution in [3.8, 4) is 5.75 Å². The van der Waals surface area contributed by atoms with Gasteiger partial charge in [0.05, 0.1) is 18.5 Å². The van der Waals surface area contributed by atoms with Gasteiger partial charge in [0, 0.05) is 19.5 Å². The molecule has 0 saturated heterocycles. The van der Waals surface area contributed by atoms with Gasteiger partial charge in [0.2, 0.25) is 0 Å². The van der Waals surface area contributed by atoms with Crippen molar-refractivity contribution >= 4 is 5.69 Å². The fourth-order valence-corrected chi connectivity index (χ4v) is 2.81. The first-order chi connectivity index (χ1) is 12.3. The van der Waals surface area contributed by atoms with Crippen LogP contribution in [0.4, 0.5) is 5.69 Å². The van der Waals surface area contributed by atoms with Crippen molar-refractivity contribution < 1.29 is 9.84 Å². The molecule has 3 N–H and O–H groups in total. The van der Waals surface area contributed by atoms with Crippen LogP contribution >= 0.6 is 0 Å². The zero-order valence-electron chi connectivity index (χ0n) is 14.5. The quantitative estimate of drug-likeness (QED) is 0.660. The van der Waals surface area contributed by atoms with Crippen molar-refractivity contribution in [1.82, 2.24) is 5.32 Å². The Morgan fingerprint density at radius 1 is 0.960 bits per heavy atom. The number of phenols is 1. The van der Waals surface area contributed by atoms with Gasteiger partial charge in [-0.1, -0.05) is 42.5 Å². The van der Waals surface area contributed by atoms with E-state index in [1.807, 2.05) is 18.2 Å². The van der Waals surface area contributed by atoms with E-state index in [9.17, 15) is 5.11 Å². The van der Waals surface area contributed by atoms with Crippen molar-refractivity contribution in [3.05, 3.63) is 83.3 Å². The summed E-state index contributed by atoms with van der Waals surface area (Å²) in [4.78, 5) is 0. The van der Waals surface area contributed by atoms with Gasteiger partial charge in [0.15, 0.2) is 0 Å². The highest BCUT2D eigenvalue weighted by Crippen LogP contribution is 2.22. The number of allylic oxidation sites excluding steroid dienone is 3. The van der Waals surface area contributed by atoms with Crippen LogP contribution in [0.3, 0.4) is 0 Å². The van der Waals surface area contributed by atoms with E-state index >= 15 is 0 Å². The number of phenolic OH excluding ortho intramolecular Hbond substituents is 1. The summed E-state index contributed by atoms with van der Waals surface area (Å²) in [5, 5.41) is 16.5. The number of hydrogen-bond acceptors (Lipinski definition) is 4. The fourth-order valence-electron chi connectivity index (χ4n) is 2.81. The average Bonchev–Trinajstić information content (AvgIpc) is 2.67. The number of rotatable bonds is 7. The van der Waals surface area contributed by atoms with E-state index < -0.39 is 0 Å². The normalized spacial score (nSPS) is 13.6. The smallest absolute Gasteiger partial charge is 0.138 e. The molecule has 3 rings (SSSR count). The summed E-state index contributed by atoms with van der Waals surface area (Å²) in [6, 6.07) is 15.7. The molecule has 2 aromatic carbocycles. The fraction of sp³-hybridized carbons (Fsp3) is 0.238. The lowest BCUT2D eigenvalue weighted by Gasteiger charge is -2.16. The maximum absolute atomic E-state index is 9.78. The second-order valence-corrected chi connectivity index (χ2v) is 6.02. The van der Waals surface area contributed by atoms with Crippen LogP contribution in [-0.4, -0.2) is 12.2 Å². The Bertz CT molecular complexity index is 764. The van der Waals surface area contributed by atoms with E-state index in [0.29, 0.717) is 6.54 Å². The van der Waals surface area contributed by atoms with Gasteiger partial charge >= 0.3 is 0 Å². The molecule has 0 saturated carbocycles. The molecule has 1 aliphatic rings. The van der Waals surface area contributed by atoms with E-state index in [0.717, 1.165) is 36.5 Å². The minimum absolute atomic E-state index is 0.270. The van der Waals surface area contributed by atoms with Crippen molar-refractivity contribution in [1.29, 1.82) is 0 Å². The largest absolute Gasteiger partial charge is 0.506 e. The summed E-state index contributed by atoms with van der Waals surface area (Å²) < 4.78 is 5.43. The summed E-state index contributed by atoms with van der Waals surface area (Å²) in [6.07, 6.45) is 6.24. The molecule has 0 fully saturated rings. The lowest BCUT2D eigenvalue weighted by molar-refractivity contribution is 0.269. The average molecular weight is 336 g/mol. The first-order valence-electron chi connectivity index (χ1n) is 8.53. The van der Waals surface area contributed by atoms with Gasteiger partial charge in [-0.25, -0.2) is 0 Å². The molecule has 0 spiro atoms. The van der Waals surface area contributed by atoms with E-state index in [-0.39, 0.29) is 5.75 Å². The predicted molar refractivity (Wildman–Crippen MR) is 101 cm³/mol. The summed E-state index contributed by atoms with van der Waals surface area (Å²) in [6.45, 7) is 1.44. The number of hydrogen-bond donors (Lipinski definition) is 3. The van der Waals surface area contributed by atoms with Crippen LogP contribution < -0.4 is 10.6 Å². The second-order valence-electron chi connectivity index (χ2n) is 6.02. The van der Waals surface area contributed by atoms with Crippen LogP contribution in [0.5, 0.6) is 5.75 Å². The lowest BCUT2D eigenvalue weighted by Crippen LogP contribution is -2.16. The Labute approximate surface area is 148 Å². The summed E-state index contributed by atoms with van der Waals surface area (Å²) >= 11 is 0. The molecular weight excluding hydrogens is 312 g/mol. The van der Waals surface area contributed by atoms with Gasteiger partial charge in [-0.15, -0.1) is 0 Å². The van der Waals surface area contributed by atoms with E-state index in [1.54, 1.807) is 13.2 Å². The standard InChI is InChI=1S/C21H24N2O2/c1-25-21-9-5-3-7-19(21)23-15-17-12-10-16(11-13-17)14-22-18-6-2-4-8-20(18)24/h2-4,6-8,10-13,22-24H,5,9,14-15H2,1H3. The highest BCUT2D eigenvalue weighted by atomic mass is 16.5. The van der Waals surface area contributed by atoms with Crippen LogP contribution in [0.15, 0.2) is 72.1 Å². The first-order valence-corrected chi connectivity index (χ1v) is 8.53. The van der Waals surface area contributed by atoms with Crippen LogP contribution in [0.25, 0.3) is 0 Å². The Kier molecular flexibility index (Phi) is 5.62. The Balaban J connectivity index is 1.55. The van der Waals surface area contributed by atoms with Gasteiger partial charge in [-0.2, -0.15) is 0 Å². The van der Waals surface area contributed by atoms with Gasteiger partial charge in [-0.3, -0.25) is 0 Å². The molecule has 0 aromatic heterocycles. The van der Waals surface area contributed by atoms with Crippen LogP contribution in [0, 0.1) is 0 Å². The SMILES string of the molecule is COC1=C(NCc2ccc(CNc3ccccc3O)cc2)C=CCC1. The van der Waals surface area contributed by atoms with Gasteiger partial charge in [0.1, 0.15) is 11.5 Å². The molecule has 0 heterocycles. The Hall–Kier alpha value is -2.88. The van der Waals surface area contributed by atoms with E-state index in [2.05, 4.69) is 47.1 Å². The molecule has 0 unspecified atom stereocenters. The van der Waals surface area contributed by atoms with Gasteiger partial charge in [0.25, 0.3) is 0 Å². The maximum atomic E-state index is 9.78. The zero-order chi connectivity index (χ0) is 17.5. The topological polar surface area (TPSA) is 53.5 Å². The summed E-state index contributed by atoms with van der Waals surface area (Å²) in [5.41, 5.74) is 4.20. The van der Waals surface area contributed by atoms with Crippen LogP contribution in [-0.2, 0) is 17.8 Å². The minimum atomic E-state index is 0.270. The lowest BCUT2D eigenvalue weighted by atomic mass is 10.1. The van der Waals surface area contributed by atoms with E-state index in [1.165, 1.54) is 11.1 Å². The molecule has 25 heavy (non-hydrogen) atoms. The maximum Gasteiger partial charge on any atom is 0.138 e. The molecule has 2 aromatic rings. The van der Waals surface area contributed by atoms with Crippen molar-refractivity contribution in [2.45, 2.75) is 25.9 Å². The molecule has 0 bridgehead atoms. The number of methoxy groups -OCH3 is 1. The molecule has 1 aliphatic carbocycles. The van der Waals surface area contributed by atoms with Crippen LogP contribution in [0.2, 0.25) is 0 Å². The van der Waals surface area contributed by atoms with Crippen molar-refractivity contribution in [3.63, 3.8) is 0 Å². The summed E-state index contributed by atoms with van der Waals surface area (Å²) in [5.74, 6) is 1.29. The third-order valence-electron chi connectivity index (χ3n) is 4.26. The summed E-state index contributed by atoms with van der Waals surface area (Å²) in [7, 11) is 1.72. The number of benzene rings is 2. The zero-order valence-corrected chi connectivity index (χ0v) is 14.5. The van der Waals surface area contributed by atoms with Crippen molar-refractivity contribution in [2.75, 3.05) is 12.4 Å². The Morgan fingerprint density at radius 3 is 2.32 bits per heavy atom. The van der Waals surface area contributed by atoms with Gasteiger partial charge < -0.3 is 20.5 Å². The second kappa shape index (κ2) is 8.29. The predicted octanol–water partition coefficient (Wildman–Crippen LogP) is 4.30. The Morgan fingerprint density at radius 2 is 1.64 bits per heavy atom. The van der Waals surface area contributed by atoms with Crippen LogP contribution in [0.1, 0.15) is 24.0 Å². The highest BCUT2D eigenvalue weighted by molar-refractivity contribution is 5.55. The monoisotopic (exact) mass is 336 g/mol. The third-order valence-corrected chi connectivity index (χ3v) is 4.26. The number of ether oxygens (including phenoxy) is 1. The molecular formula is C21H24N2O2. The number of nitrogens with one attached hydrogen (secondary N) is 2. The highest BCUT2D eigenvalue weighted by Gasteiger charge is 2.08. The number of para-hydroxylation sites is 2. The van der Waals surface area contributed by atoms with E-state index in [4.69, 9.17) is 4.74 Å². The molecule has 0 aliphatic heterocycles. The molecule has 0 amide bonds. The third kappa shape index (κ3) is 4.57. The van der Waals surface area contributed by atoms with Crippen molar-refractivity contribution in [2.24, 2.45) is 0 Å². The first kappa shape index (κ1) is 17.0. The minimum Gasteiger partial charge on any atom is -0.506 e. The molecule has 4 heteroatoms. The molecule has 0 radical (unpaired) electrons. The molecule has 130 valence electrons. The molecule has 4 nitrogen and oxygen atoms in total. The van der Waals surface area contributed by atoms with Gasteiger partial charge in [-0.05, 0) is 35.8 Å². The molecule has 0 atom stereocenters. The number of anilines is 1. The number of aromatic hydroxyl groups is 1.